The van der Waals surface area contributed by atoms with Crippen molar-refractivity contribution in [1.82, 2.24) is 10.2 Å². The van der Waals surface area contributed by atoms with Gasteiger partial charge < -0.3 is 19.9 Å². The lowest BCUT2D eigenvalue weighted by molar-refractivity contribution is -0.161. The summed E-state index contributed by atoms with van der Waals surface area (Å²) in [6, 6.07) is 13.2. The van der Waals surface area contributed by atoms with Gasteiger partial charge in [0, 0.05) is 34.1 Å². The maximum atomic E-state index is 14.2. The van der Waals surface area contributed by atoms with Gasteiger partial charge in [0.2, 0.25) is 5.91 Å². The smallest absolute Gasteiger partial charge is 0.409 e. The molecule has 2 aromatic rings. The molecule has 0 saturated carbocycles. The summed E-state index contributed by atoms with van der Waals surface area (Å²) in [4.78, 5) is 31.6. The normalized spacial score (nSPS) is 18.9. The van der Waals surface area contributed by atoms with E-state index < -0.39 is 36.2 Å². The standard InChI is InChI=1S/C30H38F3N3O3S/c1-5-6-17-35(19-30(31,32)33)27(37)25-20-12-7-8-14-22(20)40-23-15-11-13-21(26(23)25)36-18-10-9-16-24(36)34-28(38)39-29(2,3)4/h7-8,11-15,24-25H,5-6,9-10,16-19H2,1-4H3,(H,34,38). The molecule has 2 aromatic carbocycles. The number of nitrogens with one attached hydrogen (secondary N) is 1. The first kappa shape index (κ1) is 30.1. The van der Waals surface area contributed by atoms with E-state index >= 15 is 0 Å². The Balaban J connectivity index is 1.78. The molecular formula is C30H38F3N3O3S. The van der Waals surface area contributed by atoms with Crippen molar-refractivity contribution in [3.63, 3.8) is 0 Å². The monoisotopic (exact) mass is 577 g/mol. The quantitative estimate of drug-likeness (QED) is 0.374. The highest BCUT2D eigenvalue weighted by atomic mass is 32.2. The first-order chi connectivity index (χ1) is 18.9. The number of unbranched alkanes of at least 4 members (excludes halogenated alkanes) is 1. The highest BCUT2D eigenvalue weighted by Crippen LogP contribution is 2.50. The largest absolute Gasteiger partial charge is 0.444 e. The molecule has 218 valence electrons. The second-order valence-corrected chi connectivity index (χ2v) is 12.4. The van der Waals surface area contributed by atoms with E-state index in [-0.39, 0.29) is 12.7 Å². The Labute approximate surface area is 238 Å². The van der Waals surface area contributed by atoms with Crippen LogP contribution in [-0.2, 0) is 9.53 Å². The summed E-state index contributed by atoms with van der Waals surface area (Å²) in [5.74, 6) is -1.45. The molecule has 0 aromatic heterocycles. The topological polar surface area (TPSA) is 61.9 Å². The highest BCUT2D eigenvalue weighted by molar-refractivity contribution is 7.99. The van der Waals surface area contributed by atoms with Crippen LogP contribution >= 0.6 is 11.8 Å². The first-order valence-electron chi connectivity index (χ1n) is 13.9. The van der Waals surface area contributed by atoms with Crippen LogP contribution in [0.1, 0.15) is 76.8 Å². The number of carbonyl (C=O) groups excluding carboxylic acids is 2. The lowest BCUT2D eigenvalue weighted by Gasteiger charge is -2.41. The summed E-state index contributed by atoms with van der Waals surface area (Å²) >= 11 is 1.52. The predicted octanol–water partition coefficient (Wildman–Crippen LogP) is 7.32. The van der Waals surface area contributed by atoms with Crippen molar-refractivity contribution in [3.05, 3.63) is 53.6 Å². The van der Waals surface area contributed by atoms with Gasteiger partial charge in [0.15, 0.2) is 0 Å². The molecule has 2 aliphatic heterocycles. The molecule has 4 rings (SSSR count). The number of rotatable bonds is 7. The Hall–Kier alpha value is -2.88. The summed E-state index contributed by atoms with van der Waals surface area (Å²) in [6.45, 7) is 6.67. The Morgan fingerprint density at radius 2 is 1.80 bits per heavy atom. The fourth-order valence-electron chi connectivity index (χ4n) is 5.33. The Kier molecular flexibility index (Phi) is 9.27. The van der Waals surface area contributed by atoms with Crippen LogP contribution in [0.25, 0.3) is 0 Å². The van der Waals surface area contributed by atoms with E-state index in [9.17, 15) is 22.8 Å². The van der Waals surface area contributed by atoms with Crippen molar-refractivity contribution in [2.24, 2.45) is 0 Å². The van der Waals surface area contributed by atoms with Gasteiger partial charge in [-0.05, 0) is 70.2 Å². The van der Waals surface area contributed by atoms with Crippen LogP contribution in [0.4, 0.5) is 23.7 Å². The van der Waals surface area contributed by atoms with Gasteiger partial charge in [-0.25, -0.2) is 4.79 Å². The zero-order valence-electron chi connectivity index (χ0n) is 23.5. The van der Waals surface area contributed by atoms with Gasteiger partial charge in [0.1, 0.15) is 18.3 Å². The fourth-order valence-corrected chi connectivity index (χ4v) is 6.50. The van der Waals surface area contributed by atoms with Crippen molar-refractivity contribution in [2.75, 3.05) is 24.5 Å². The molecule has 2 aliphatic rings. The minimum atomic E-state index is -4.51. The molecular weight excluding hydrogens is 539 g/mol. The number of amides is 2. The molecule has 6 nitrogen and oxygen atoms in total. The summed E-state index contributed by atoms with van der Waals surface area (Å²) < 4.78 is 46.5. The number of alkyl carbamates (subject to hydrolysis) is 1. The molecule has 2 heterocycles. The summed E-state index contributed by atoms with van der Waals surface area (Å²) in [5.41, 5.74) is 1.49. The van der Waals surface area contributed by atoms with E-state index in [2.05, 4.69) is 10.2 Å². The third kappa shape index (κ3) is 7.25. The number of piperidine rings is 1. The SMILES string of the molecule is CCCCN(CC(F)(F)F)C(=O)C1c2ccccc2Sc2cccc(N3CCCCC3NC(=O)OC(C)(C)C)c21. The molecule has 1 N–H and O–H groups in total. The predicted molar refractivity (Wildman–Crippen MR) is 151 cm³/mol. The second-order valence-electron chi connectivity index (χ2n) is 11.3. The zero-order chi connectivity index (χ0) is 29.1. The molecule has 1 saturated heterocycles. The van der Waals surface area contributed by atoms with E-state index in [1.54, 1.807) is 20.8 Å². The van der Waals surface area contributed by atoms with Crippen LogP contribution in [0.15, 0.2) is 52.3 Å². The van der Waals surface area contributed by atoms with Crippen LogP contribution in [0, 0.1) is 0 Å². The molecule has 2 amide bonds. The van der Waals surface area contributed by atoms with Crippen molar-refractivity contribution >= 4 is 29.4 Å². The third-order valence-electron chi connectivity index (χ3n) is 6.99. The maximum Gasteiger partial charge on any atom is 0.409 e. The minimum Gasteiger partial charge on any atom is -0.444 e. The highest BCUT2D eigenvalue weighted by Gasteiger charge is 2.41. The average Bonchev–Trinajstić information content (AvgIpc) is 2.87. The second kappa shape index (κ2) is 12.3. The molecule has 0 bridgehead atoms. The molecule has 0 radical (unpaired) electrons. The number of carbonyl (C=O) groups is 2. The van der Waals surface area contributed by atoms with Gasteiger partial charge in [-0.15, -0.1) is 0 Å². The Morgan fingerprint density at radius 3 is 2.50 bits per heavy atom. The molecule has 1 fully saturated rings. The third-order valence-corrected chi connectivity index (χ3v) is 8.16. The van der Waals surface area contributed by atoms with Crippen molar-refractivity contribution in [1.29, 1.82) is 0 Å². The van der Waals surface area contributed by atoms with E-state index in [1.165, 1.54) is 11.8 Å². The summed E-state index contributed by atoms with van der Waals surface area (Å²) in [7, 11) is 0. The molecule has 10 heteroatoms. The molecule has 40 heavy (non-hydrogen) atoms. The molecule has 0 aliphatic carbocycles. The van der Waals surface area contributed by atoms with Crippen molar-refractivity contribution < 1.29 is 27.5 Å². The van der Waals surface area contributed by atoms with E-state index in [0.29, 0.717) is 36.9 Å². The molecule has 0 spiro atoms. The summed E-state index contributed by atoms with van der Waals surface area (Å²) in [5, 5.41) is 2.99. The molecule has 2 atom stereocenters. The van der Waals surface area contributed by atoms with Crippen molar-refractivity contribution in [3.8, 4) is 0 Å². The van der Waals surface area contributed by atoms with Gasteiger partial charge in [0.25, 0.3) is 0 Å². The van der Waals surface area contributed by atoms with Gasteiger partial charge in [-0.3, -0.25) is 4.79 Å². The van der Waals surface area contributed by atoms with E-state index in [1.807, 2.05) is 49.4 Å². The van der Waals surface area contributed by atoms with Gasteiger partial charge in [-0.1, -0.05) is 49.4 Å². The number of alkyl halides is 3. The summed E-state index contributed by atoms with van der Waals surface area (Å²) in [6.07, 6.45) is -1.79. The minimum absolute atomic E-state index is 0.0324. The van der Waals surface area contributed by atoms with Gasteiger partial charge in [0.05, 0.1) is 5.92 Å². The Morgan fingerprint density at radius 1 is 1.07 bits per heavy atom. The lowest BCUT2D eigenvalue weighted by Crippen LogP contribution is -2.52. The van der Waals surface area contributed by atoms with Gasteiger partial charge >= 0.3 is 12.3 Å². The first-order valence-corrected chi connectivity index (χ1v) is 14.7. The van der Waals surface area contributed by atoms with E-state index in [4.69, 9.17) is 4.74 Å². The van der Waals surface area contributed by atoms with Crippen LogP contribution in [-0.4, -0.2) is 54.5 Å². The maximum absolute atomic E-state index is 14.2. The number of ether oxygens (including phenoxy) is 1. The van der Waals surface area contributed by atoms with Crippen LogP contribution in [0.5, 0.6) is 0 Å². The molecule has 2 unspecified atom stereocenters. The number of hydrogen-bond donors (Lipinski definition) is 1. The lowest BCUT2D eigenvalue weighted by atomic mass is 9.87. The Bertz CT molecular complexity index is 1210. The number of hydrogen-bond acceptors (Lipinski definition) is 5. The van der Waals surface area contributed by atoms with Gasteiger partial charge in [-0.2, -0.15) is 13.2 Å². The zero-order valence-corrected chi connectivity index (χ0v) is 24.3. The average molecular weight is 578 g/mol. The van der Waals surface area contributed by atoms with Crippen LogP contribution in [0.3, 0.4) is 0 Å². The number of benzene rings is 2. The van der Waals surface area contributed by atoms with Crippen LogP contribution in [0.2, 0.25) is 0 Å². The van der Waals surface area contributed by atoms with Crippen molar-refractivity contribution in [2.45, 2.75) is 93.5 Å². The fraction of sp³-hybridized carbons (Fsp3) is 0.533. The number of nitrogens with zero attached hydrogens (tertiary/aromatic N) is 2. The van der Waals surface area contributed by atoms with Crippen LogP contribution < -0.4 is 10.2 Å². The van der Waals surface area contributed by atoms with E-state index in [0.717, 1.165) is 33.2 Å². The number of halogens is 3. The number of fused-ring (bicyclic) bond motifs is 2. The number of anilines is 1.